The molecule has 11 heteroatoms. The van der Waals surface area contributed by atoms with E-state index in [2.05, 4.69) is 5.10 Å². The number of rotatable bonds is 7. The number of amides is 1. The average molecular weight is 538 g/mol. The molecular formula is C27H27N3O7S. The molecule has 0 bridgehead atoms. The molecule has 10 nitrogen and oxygen atoms in total. The number of hydrazone groups is 1. The molecular weight excluding hydrogens is 510 g/mol. The van der Waals surface area contributed by atoms with E-state index in [1.807, 2.05) is 18.2 Å². The summed E-state index contributed by atoms with van der Waals surface area (Å²) in [7, 11) is -0.933. The smallest absolute Gasteiger partial charge is 0.338 e. The van der Waals surface area contributed by atoms with Crippen LogP contribution in [0.4, 0.5) is 0 Å². The number of sulfonamides is 1. The number of hydrogen-bond acceptors (Lipinski definition) is 8. The Bertz CT molecular complexity index is 1490. The van der Waals surface area contributed by atoms with E-state index < -0.39 is 34.5 Å². The van der Waals surface area contributed by atoms with E-state index in [0.29, 0.717) is 11.5 Å². The van der Waals surface area contributed by atoms with Gasteiger partial charge in [0.1, 0.15) is 17.6 Å². The van der Waals surface area contributed by atoms with Crippen LogP contribution in [-0.4, -0.2) is 56.0 Å². The summed E-state index contributed by atoms with van der Waals surface area (Å²) in [4.78, 5) is 26.0. The van der Waals surface area contributed by atoms with Crippen molar-refractivity contribution in [3.8, 4) is 0 Å². The minimum Gasteiger partial charge on any atom is -0.467 e. The molecule has 2 atom stereocenters. The normalized spacial score (nSPS) is 20.4. The zero-order valence-electron chi connectivity index (χ0n) is 20.9. The summed E-state index contributed by atoms with van der Waals surface area (Å²) in [6.45, 7) is -0.568. The Labute approximate surface area is 220 Å². The highest BCUT2D eigenvalue weighted by atomic mass is 32.2. The lowest BCUT2D eigenvalue weighted by molar-refractivity contribution is -0.137. The number of ether oxygens (including phenoxy) is 1. The summed E-state index contributed by atoms with van der Waals surface area (Å²) in [6, 6.07) is 12.3. The third-order valence-electron chi connectivity index (χ3n) is 6.63. The summed E-state index contributed by atoms with van der Waals surface area (Å²) < 4.78 is 42.3. The van der Waals surface area contributed by atoms with Crippen molar-refractivity contribution >= 4 is 33.7 Å². The Morgan fingerprint density at radius 3 is 2.63 bits per heavy atom. The number of allylic oxidation sites excluding steroid dienone is 1. The van der Waals surface area contributed by atoms with Crippen LogP contribution >= 0.6 is 0 Å². The van der Waals surface area contributed by atoms with Gasteiger partial charge in [-0.05, 0) is 73.4 Å². The number of hydrogen-bond donors (Lipinski definition) is 0. The van der Waals surface area contributed by atoms with E-state index in [0.717, 1.165) is 34.9 Å². The maximum atomic E-state index is 13.3. The number of esters is 1. The highest BCUT2D eigenvalue weighted by Crippen LogP contribution is 2.44. The lowest BCUT2D eigenvalue weighted by Gasteiger charge is -2.27. The fourth-order valence-corrected chi connectivity index (χ4v) is 5.71. The molecule has 2 aromatic heterocycles. The van der Waals surface area contributed by atoms with E-state index >= 15 is 0 Å². The van der Waals surface area contributed by atoms with Crippen molar-refractivity contribution in [3.63, 3.8) is 0 Å². The molecule has 38 heavy (non-hydrogen) atoms. The summed E-state index contributed by atoms with van der Waals surface area (Å²) in [5.74, 6) is -0.115. The zero-order valence-corrected chi connectivity index (χ0v) is 21.8. The molecule has 2 aliphatic rings. The van der Waals surface area contributed by atoms with Gasteiger partial charge < -0.3 is 13.6 Å². The molecule has 0 radical (unpaired) electrons. The van der Waals surface area contributed by atoms with Crippen molar-refractivity contribution in [2.75, 3.05) is 20.7 Å². The Hall–Kier alpha value is -3.96. The van der Waals surface area contributed by atoms with Crippen molar-refractivity contribution in [1.29, 1.82) is 0 Å². The van der Waals surface area contributed by atoms with Crippen LogP contribution in [0.2, 0.25) is 0 Å². The molecule has 198 valence electrons. The first-order valence-corrected chi connectivity index (χ1v) is 13.6. The summed E-state index contributed by atoms with van der Waals surface area (Å²) in [5.41, 5.74) is 1.79. The molecule has 0 spiro atoms. The second-order valence-electron chi connectivity index (χ2n) is 9.26. The fourth-order valence-electron chi connectivity index (χ4n) is 4.76. The second-order valence-corrected chi connectivity index (χ2v) is 11.4. The van der Waals surface area contributed by atoms with E-state index in [4.69, 9.17) is 13.6 Å². The number of furan rings is 2. The van der Waals surface area contributed by atoms with Gasteiger partial charge in [0.25, 0.3) is 5.91 Å². The summed E-state index contributed by atoms with van der Waals surface area (Å²) in [6.07, 6.45) is 7.61. The van der Waals surface area contributed by atoms with E-state index in [1.165, 1.54) is 43.4 Å². The first-order chi connectivity index (χ1) is 18.3. The van der Waals surface area contributed by atoms with Gasteiger partial charge in [-0.3, -0.25) is 4.79 Å². The molecule has 1 aromatic carbocycles. The van der Waals surface area contributed by atoms with Gasteiger partial charge >= 0.3 is 5.97 Å². The first-order valence-electron chi connectivity index (χ1n) is 12.1. The van der Waals surface area contributed by atoms with Gasteiger partial charge in [-0.15, -0.1) is 0 Å². The lowest BCUT2D eigenvalue weighted by Crippen LogP contribution is -2.34. The fraction of sp³-hybridized carbons (Fsp3) is 0.296. The lowest BCUT2D eigenvalue weighted by atomic mass is 9.79. The minimum absolute atomic E-state index is 0.0217. The van der Waals surface area contributed by atoms with Gasteiger partial charge in [0.15, 0.2) is 6.61 Å². The van der Waals surface area contributed by atoms with Crippen LogP contribution in [0.25, 0.3) is 6.08 Å². The molecule has 0 N–H and O–H groups in total. The molecule has 1 aliphatic heterocycles. The Morgan fingerprint density at radius 2 is 1.92 bits per heavy atom. The zero-order chi connectivity index (χ0) is 26.9. The third-order valence-corrected chi connectivity index (χ3v) is 8.44. The number of fused-ring (bicyclic) bond motifs is 1. The van der Waals surface area contributed by atoms with Gasteiger partial charge in [0, 0.05) is 20.0 Å². The number of benzene rings is 1. The van der Waals surface area contributed by atoms with E-state index in [1.54, 1.807) is 24.7 Å². The van der Waals surface area contributed by atoms with Crippen molar-refractivity contribution < 1.29 is 31.6 Å². The molecule has 1 amide bonds. The predicted molar refractivity (Wildman–Crippen MR) is 137 cm³/mol. The van der Waals surface area contributed by atoms with Gasteiger partial charge in [-0.25, -0.2) is 22.5 Å². The van der Waals surface area contributed by atoms with Crippen molar-refractivity contribution in [1.82, 2.24) is 9.31 Å². The standard InChI is InChI=1S/C27H27N3O7S/c1-29(2)38(33,34)21-10-3-8-19(16-21)27(32)37-17-24(31)30-26(23-12-6-14-36-23)22-11-4-7-18(25(22)28-30)15-20-9-5-13-35-20/h3,5-6,8-10,12-16,22,26H,4,7,11,17H2,1-2H3/b18-15-/t22-,26-/m0/s1. The van der Waals surface area contributed by atoms with Crippen LogP contribution in [0.15, 0.2) is 85.5 Å². The van der Waals surface area contributed by atoms with Crippen LogP contribution in [-0.2, 0) is 19.6 Å². The van der Waals surface area contributed by atoms with Crippen LogP contribution in [0.5, 0.6) is 0 Å². The van der Waals surface area contributed by atoms with Gasteiger partial charge in [-0.2, -0.15) is 5.10 Å². The maximum absolute atomic E-state index is 13.3. The number of nitrogens with zero attached hydrogens (tertiary/aromatic N) is 3. The highest BCUT2D eigenvalue weighted by molar-refractivity contribution is 7.89. The summed E-state index contributed by atoms with van der Waals surface area (Å²) >= 11 is 0. The van der Waals surface area contributed by atoms with Crippen LogP contribution < -0.4 is 0 Å². The molecule has 3 heterocycles. The van der Waals surface area contributed by atoms with Gasteiger partial charge in [0.2, 0.25) is 10.0 Å². The molecule has 1 aliphatic carbocycles. The minimum atomic E-state index is -3.74. The molecule has 0 saturated heterocycles. The Balaban J connectivity index is 1.37. The van der Waals surface area contributed by atoms with Crippen LogP contribution in [0.3, 0.4) is 0 Å². The number of carbonyl (C=O) groups excluding carboxylic acids is 2. The van der Waals surface area contributed by atoms with Crippen molar-refractivity contribution in [2.24, 2.45) is 11.0 Å². The second kappa shape index (κ2) is 10.4. The quantitative estimate of drug-likeness (QED) is 0.416. The highest BCUT2D eigenvalue weighted by Gasteiger charge is 2.45. The van der Waals surface area contributed by atoms with Crippen molar-refractivity contribution in [3.05, 3.63) is 83.7 Å². The molecule has 5 rings (SSSR count). The van der Waals surface area contributed by atoms with Crippen LogP contribution in [0, 0.1) is 5.92 Å². The van der Waals surface area contributed by atoms with E-state index in [-0.39, 0.29) is 16.4 Å². The monoisotopic (exact) mass is 537 g/mol. The topological polar surface area (TPSA) is 123 Å². The largest absolute Gasteiger partial charge is 0.467 e. The molecule has 1 saturated carbocycles. The first kappa shape index (κ1) is 25.7. The Kier molecular flexibility index (Phi) is 7.04. The van der Waals surface area contributed by atoms with E-state index in [9.17, 15) is 18.0 Å². The Morgan fingerprint density at radius 1 is 1.13 bits per heavy atom. The van der Waals surface area contributed by atoms with Gasteiger partial charge in [0.05, 0.1) is 28.7 Å². The summed E-state index contributed by atoms with van der Waals surface area (Å²) in [5, 5.41) is 6.01. The molecule has 1 fully saturated rings. The average Bonchev–Trinajstić information content (AvgIpc) is 3.68. The van der Waals surface area contributed by atoms with Crippen molar-refractivity contribution in [2.45, 2.75) is 30.2 Å². The third kappa shape index (κ3) is 4.94. The maximum Gasteiger partial charge on any atom is 0.338 e. The SMILES string of the molecule is CN(C)S(=O)(=O)c1cccc(C(=O)OCC(=O)N2N=C3/C(=C\c4ccco4)CCC[C@@H]3[C@H]2c2ccco2)c1. The number of carbonyl (C=O) groups is 2. The van der Waals surface area contributed by atoms with Crippen LogP contribution in [0.1, 0.15) is 47.2 Å². The molecule has 0 unspecified atom stereocenters. The molecule has 3 aromatic rings. The predicted octanol–water partition coefficient (Wildman–Crippen LogP) is 4.10. The van der Waals surface area contributed by atoms with Gasteiger partial charge in [-0.1, -0.05) is 6.07 Å².